The Morgan fingerprint density at radius 3 is 2.39 bits per heavy atom. The van der Waals surface area contributed by atoms with E-state index in [1.807, 2.05) is 7.05 Å². The van der Waals surface area contributed by atoms with Crippen LogP contribution in [0.15, 0.2) is 18.2 Å². The fourth-order valence-electron chi connectivity index (χ4n) is 2.14. The molecule has 5 heteroatoms. The average molecular weight is 249 g/mol. The SMILES string of the molecule is Cn1c(C2CC2)nc(-c2cc(F)cc(F)c2)c1N. The molecule has 1 heterocycles. The first-order valence-corrected chi connectivity index (χ1v) is 5.85. The Morgan fingerprint density at radius 1 is 1.22 bits per heavy atom. The zero-order valence-electron chi connectivity index (χ0n) is 9.95. The lowest BCUT2D eigenvalue weighted by Gasteiger charge is -2.01. The van der Waals surface area contributed by atoms with Crippen LogP contribution in [0.25, 0.3) is 11.3 Å². The van der Waals surface area contributed by atoms with Crippen molar-refractivity contribution in [3.8, 4) is 11.3 Å². The van der Waals surface area contributed by atoms with Gasteiger partial charge in [0.1, 0.15) is 29.0 Å². The Hall–Kier alpha value is -1.91. The predicted molar refractivity (Wildman–Crippen MR) is 64.9 cm³/mol. The van der Waals surface area contributed by atoms with E-state index in [2.05, 4.69) is 4.98 Å². The normalized spacial score (nSPS) is 15.1. The summed E-state index contributed by atoms with van der Waals surface area (Å²) < 4.78 is 28.2. The molecule has 1 aliphatic carbocycles. The van der Waals surface area contributed by atoms with Crippen LogP contribution in [-0.2, 0) is 7.05 Å². The lowest BCUT2D eigenvalue weighted by molar-refractivity contribution is 0.584. The number of halogens is 2. The summed E-state index contributed by atoms with van der Waals surface area (Å²) >= 11 is 0. The van der Waals surface area contributed by atoms with Crippen LogP contribution in [0, 0.1) is 11.6 Å². The van der Waals surface area contributed by atoms with Crippen LogP contribution in [0.1, 0.15) is 24.6 Å². The maximum atomic E-state index is 13.2. The third kappa shape index (κ3) is 1.75. The molecule has 3 rings (SSSR count). The highest BCUT2D eigenvalue weighted by Crippen LogP contribution is 2.41. The van der Waals surface area contributed by atoms with Crippen molar-refractivity contribution in [2.24, 2.45) is 7.05 Å². The van der Waals surface area contributed by atoms with Gasteiger partial charge in [0, 0.05) is 24.6 Å². The Bertz CT molecular complexity index is 595. The monoisotopic (exact) mass is 249 g/mol. The molecule has 0 saturated heterocycles. The highest BCUT2D eigenvalue weighted by atomic mass is 19.1. The summed E-state index contributed by atoms with van der Waals surface area (Å²) in [5, 5.41) is 0. The van der Waals surface area contributed by atoms with Crippen molar-refractivity contribution in [3.63, 3.8) is 0 Å². The summed E-state index contributed by atoms with van der Waals surface area (Å²) in [6.07, 6.45) is 2.20. The number of nitrogens with zero attached hydrogens (tertiary/aromatic N) is 2. The minimum atomic E-state index is -0.622. The Labute approximate surface area is 103 Å². The number of anilines is 1. The van der Waals surface area contributed by atoms with E-state index in [9.17, 15) is 8.78 Å². The molecule has 0 bridgehead atoms. The lowest BCUT2D eigenvalue weighted by atomic mass is 10.1. The van der Waals surface area contributed by atoms with Crippen molar-refractivity contribution in [1.82, 2.24) is 9.55 Å². The zero-order chi connectivity index (χ0) is 12.9. The van der Waals surface area contributed by atoms with Crippen molar-refractivity contribution in [1.29, 1.82) is 0 Å². The van der Waals surface area contributed by atoms with E-state index in [-0.39, 0.29) is 0 Å². The number of hydrogen-bond acceptors (Lipinski definition) is 2. The third-order valence-electron chi connectivity index (χ3n) is 3.25. The molecule has 0 spiro atoms. The van der Waals surface area contributed by atoms with Gasteiger partial charge in [0.2, 0.25) is 0 Å². The van der Waals surface area contributed by atoms with E-state index in [1.165, 1.54) is 12.1 Å². The first kappa shape index (κ1) is 11.2. The van der Waals surface area contributed by atoms with E-state index < -0.39 is 11.6 Å². The molecule has 1 aliphatic rings. The van der Waals surface area contributed by atoms with Gasteiger partial charge in [-0.05, 0) is 25.0 Å². The van der Waals surface area contributed by atoms with Crippen molar-refractivity contribution in [2.75, 3.05) is 5.73 Å². The first-order chi connectivity index (χ1) is 8.56. The van der Waals surface area contributed by atoms with E-state index in [4.69, 9.17) is 5.73 Å². The molecule has 1 aromatic heterocycles. The van der Waals surface area contributed by atoms with Gasteiger partial charge in [-0.2, -0.15) is 0 Å². The van der Waals surface area contributed by atoms with E-state index in [0.717, 1.165) is 24.7 Å². The number of nitrogens with two attached hydrogens (primary N) is 1. The van der Waals surface area contributed by atoms with E-state index in [1.54, 1.807) is 4.57 Å². The molecule has 3 nitrogen and oxygen atoms in total. The van der Waals surface area contributed by atoms with Crippen LogP contribution in [-0.4, -0.2) is 9.55 Å². The van der Waals surface area contributed by atoms with Crippen molar-refractivity contribution < 1.29 is 8.78 Å². The molecule has 1 fully saturated rings. The summed E-state index contributed by atoms with van der Waals surface area (Å²) in [6.45, 7) is 0. The highest BCUT2D eigenvalue weighted by Gasteiger charge is 2.30. The molecule has 18 heavy (non-hydrogen) atoms. The second kappa shape index (κ2) is 3.80. The number of imidazole rings is 1. The molecule has 1 aromatic carbocycles. The molecule has 2 N–H and O–H groups in total. The van der Waals surface area contributed by atoms with Crippen LogP contribution in [0.4, 0.5) is 14.6 Å². The molecule has 0 amide bonds. The van der Waals surface area contributed by atoms with Gasteiger partial charge >= 0.3 is 0 Å². The molecular formula is C13H13F2N3. The minimum Gasteiger partial charge on any atom is -0.383 e. The van der Waals surface area contributed by atoms with Gasteiger partial charge in [-0.1, -0.05) is 0 Å². The fourth-order valence-corrected chi connectivity index (χ4v) is 2.14. The molecule has 1 saturated carbocycles. The number of hydrogen-bond donors (Lipinski definition) is 1. The topological polar surface area (TPSA) is 43.8 Å². The maximum absolute atomic E-state index is 13.2. The molecule has 0 radical (unpaired) electrons. The number of nitrogen functional groups attached to an aromatic ring is 1. The summed E-state index contributed by atoms with van der Waals surface area (Å²) in [5.74, 6) is 0.532. The predicted octanol–water partition coefficient (Wildman–Crippen LogP) is 2.82. The molecular weight excluding hydrogens is 236 g/mol. The van der Waals surface area contributed by atoms with Gasteiger partial charge < -0.3 is 10.3 Å². The van der Waals surface area contributed by atoms with Crippen molar-refractivity contribution in [3.05, 3.63) is 35.7 Å². The van der Waals surface area contributed by atoms with Crippen LogP contribution >= 0.6 is 0 Å². The van der Waals surface area contributed by atoms with Crippen LogP contribution in [0.5, 0.6) is 0 Å². The fraction of sp³-hybridized carbons (Fsp3) is 0.308. The number of rotatable bonds is 2. The highest BCUT2D eigenvalue weighted by molar-refractivity contribution is 5.71. The molecule has 0 aliphatic heterocycles. The molecule has 0 atom stereocenters. The van der Waals surface area contributed by atoms with Gasteiger partial charge in [0.25, 0.3) is 0 Å². The van der Waals surface area contributed by atoms with Gasteiger partial charge in [-0.15, -0.1) is 0 Å². The summed E-state index contributed by atoms with van der Waals surface area (Å²) in [4.78, 5) is 4.43. The Balaban J connectivity index is 2.13. The Morgan fingerprint density at radius 2 is 1.83 bits per heavy atom. The second-order valence-electron chi connectivity index (χ2n) is 4.70. The van der Waals surface area contributed by atoms with E-state index >= 15 is 0 Å². The first-order valence-electron chi connectivity index (χ1n) is 5.85. The molecule has 94 valence electrons. The average Bonchev–Trinajstić information content (AvgIpc) is 3.07. The van der Waals surface area contributed by atoms with E-state index in [0.29, 0.717) is 23.0 Å². The van der Waals surface area contributed by atoms with Crippen LogP contribution in [0.2, 0.25) is 0 Å². The smallest absolute Gasteiger partial charge is 0.131 e. The second-order valence-corrected chi connectivity index (χ2v) is 4.70. The van der Waals surface area contributed by atoms with Gasteiger partial charge in [0.15, 0.2) is 0 Å². The Kier molecular flexibility index (Phi) is 2.36. The number of benzene rings is 1. The largest absolute Gasteiger partial charge is 0.383 e. The van der Waals surface area contributed by atoms with Gasteiger partial charge in [-0.3, -0.25) is 0 Å². The lowest BCUT2D eigenvalue weighted by Crippen LogP contribution is -2.00. The van der Waals surface area contributed by atoms with Crippen molar-refractivity contribution in [2.45, 2.75) is 18.8 Å². The zero-order valence-corrected chi connectivity index (χ0v) is 9.95. The van der Waals surface area contributed by atoms with Gasteiger partial charge in [0.05, 0.1) is 0 Å². The van der Waals surface area contributed by atoms with Gasteiger partial charge in [-0.25, -0.2) is 13.8 Å². The van der Waals surface area contributed by atoms with Crippen LogP contribution in [0.3, 0.4) is 0 Å². The summed E-state index contributed by atoms with van der Waals surface area (Å²) in [7, 11) is 1.83. The maximum Gasteiger partial charge on any atom is 0.131 e. The molecule has 2 aromatic rings. The van der Waals surface area contributed by atoms with Crippen molar-refractivity contribution >= 4 is 5.82 Å². The van der Waals surface area contributed by atoms with Crippen LogP contribution < -0.4 is 5.73 Å². The quantitative estimate of drug-likeness (QED) is 0.889. The third-order valence-corrected chi connectivity index (χ3v) is 3.25. The molecule has 0 unspecified atom stereocenters. The summed E-state index contributed by atoms with van der Waals surface area (Å²) in [6, 6.07) is 3.33. The summed E-state index contributed by atoms with van der Waals surface area (Å²) in [5.41, 5.74) is 6.79. The minimum absolute atomic E-state index is 0.382. The standard InChI is InChI=1S/C13H13F2N3/c1-18-12(16)11(17-13(18)7-2-3-7)8-4-9(14)6-10(15)5-8/h4-7H,2-3,16H2,1H3. The number of aromatic nitrogens is 2.